The van der Waals surface area contributed by atoms with Gasteiger partial charge in [0.05, 0.1) is 53.8 Å². The third-order valence-corrected chi connectivity index (χ3v) is 5.97. The highest BCUT2D eigenvalue weighted by atomic mass is 19.1. The van der Waals surface area contributed by atoms with Crippen molar-refractivity contribution < 1.29 is 9.13 Å². The van der Waals surface area contributed by atoms with Crippen molar-refractivity contribution in [2.45, 2.75) is 32.1 Å². The molecule has 3 heterocycles. The summed E-state index contributed by atoms with van der Waals surface area (Å²) in [6, 6.07) is 12.7. The second-order valence-corrected chi connectivity index (χ2v) is 8.37. The molecule has 0 amide bonds. The van der Waals surface area contributed by atoms with Gasteiger partial charge < -0.3 is 14.6 Å². The van der Waals surface area contributed by atoms with Crippen LogP contribution in [0.4, 0.5) is 15.8 Å². The van der Waals surface area contributed by atoms with Crippen LogP contribution in [0.3, 0.4) is 0 Å². The number of nitrogens with zero attached hydrogens (tertiary/aromatic N) is 4. The van der Waals surface area contributed by atoms with E-state index in [1.165, 1.54) is 0 Å². The Morgan fingerprint density at radius 2 is 2.09 bits per heavy atom. The molecule has 1 aromatic carbocycles. The fourth-order valence-corrected chi connectivity index (χ4v) is 4.51. The molecule has 1 aliphatic carbocycles. The van der Waals surface area contributed by atoms with E-state index >= 15 is 4.39 Å². The third kappa shape index (κ3) is 4.66. The number of hydrazone groups is 1. The van der Waals surface area contributed by atoms with Gasteiger partial charge in [-0.15, -0.1) is 0 Å². The normalized spacial score (nSPS) is 14.4. The molecular weight excluding hydrogens is 447 g/mol. The quantitative estimate of drug-likeness (QED) is 0.239. The smallest absolute Gasteiger partial charge is 0.213 e. The summed E-state index contributed by atoms with van der Waals surface area (Å²) in [4.78, 5) is 8.67. The van der Waals surface area contributed by atoms with Crippen molar-refractivity contribution in [1.82, 2.24) is 20.0 Å². The van der Waals surface area contributed by atoms with Gasteiger partial charge >= 0.3 is 0 Å². The van der Waals surface area contributed by atoms with Crippen LogP contribution in [-0.2, 0) is 13.0 Å². The molecule has 0 aliphatic heterocycles. The van der Waals surface area contributed by atoms with Gasteiger partial charge in [0.15, 0.2) is 0 Å². The second-order valence-electron chi connectivity index (χ2n) is 8.37. The van der Waals surface area contributed by atoms with E-state index in [9.17, 15) is 0 Å². The Labute approximate surface area is 202 Å². The third-order valence-electron chi connectivity index (χ3n) is 5.97. The van der Waals surface area contributed by atoms with Gasteiger partial charge in [0, 0.05) is 23.7 Å². The van der Waals surface area contributed by atoms with Crippen LogP contribution in [0.15, 0.2) is 60.0 Å². The molecule has 0 spiro atoms. The number of anilines is 2. The molecule has 0 fully saturated rings. The monoisotopic (exact) mass is 474 g/mol. The fraction of sp³-hybridized carbons (Fsp3) is 0.240. The lowest BCUT2D eigenvalue weighted by Crippen LogP contribution is -2.43. The number of halogens is 1. The number of fused-ring (bicyclic) bond motifs is 3. The Morgan fingerprint density at radius 1 is 1.20 bits per heavy atom. The van der Waals surface area contributed by atoms with E-state index in [1.807, 2.05) is 24.3 Å². The van der Waals surface area contributed by atoms with Crippen LogP contribution in [0, 0.1) is 5.82 Å². The van der Waals surface area contributed by atoms with Gasteiger partial charge in [0.25, 0.3) is 0 Å². The summed E-state index contributed by atoms with van der Waals surface area (Å²) < 4.78 is 22.7. The fourth-order valence-electron chi connectivity index (χ4n) is 4.51. The highest BCUT2D eigenvalue weighted by Crippen LogP contribution is 2.36. The number of pyridine rings is 2. The number of aromatic nitrogens is 3. The first-order valence-corrected chi connectivity index (χ1v) is 11.4. The molecule has 0 atom stereocenters. The second kappa shape index (κ2) is 9.69. The predicted molar refractivity (Wildman–Crippen MR) is 134 cm³/mol. The Balaban J connectivity index is 1.67. The van der Waals surface area contributed by atoms with Crippen molar-refractivity contribution in [3.05, 3.63) is 77.6 Å². The van der Waals surface area contributed by atoms with Gasteiger partial charge in [0.2, 0.25) is 5.88 Å². The number of ether oxygens (including phenoxy) is 1. The summed E-state index contributed by atoms with van der Waals surface area (Å²) in [7, 11) is 1.58. The Morgan fingerprint density at radius 3 is 2.86 bits per heavy atom. The summed E-state index contributed by atoms with van der Waals surface area (Å²) in [5, 5.41) is 8.60. The average Bonchev–Trinajstić information content (AvgIpc) is 3.16. The number of benzene rings is 1. The average molecular weight is 475 g/mol. The maximum absolute atomic E-state index is 15.4. The van der Waals surface area contributed by atoms with Gasteiger partial charge in [-0.25, -0.2) is 9.37 Å². The van der Waals surface area contributed by atoms with Crippen molar-refractivity contribution in [2.75, 3.05) is 12.4 Å². The van der Waals surface area contributed by atoms with Crippen molar-refractivity contribution in [2.24, 2.45) is 16.6 Å². The molecule has 9 nitrogen and oxygen atoms in total. The topological polar surface area (TPSA) is 128 Å². The Bertz CT molecular complexity index is 1380. The molecule has 5 rings (SSSR count). The number of rotatable bonds is 7. The van der Waals surface area contributed by atoms with Crippen LogP contribution >= 0.6 is 0 Å². The van der Waals surface area contributed by atoms with Gasteiger partial charge in [-0.3, -0.25) is 21.9 Å². The first-order valence-electron chi connectivity index (χ1n) is 11.4. The van der Waals surface area contributed by atoms with Crippen molar-refractivity contribution in [1.29, 1.82) is 0 Å². The number of hydrogen-bond acceptors (Lipinski definition) is 8. The first kappa shape index (κ1) is 22.8. The minimum atomic E-state index is -0.779. The molecule has 35 heavy (non-hydrogen) atoms. The zero-order chi connectivity index (χ0) is 24.4. The molecule has 3 aromatic heterocycles. The van der Waals surface area contributed by atoms with Crippen molar-refractivity contribution in [3.63, 3.8) is 0 Å². The van der Waals surface area contributed by atoms with Crippen LogP contribution in [0.1, 0.15) is 29.8 Å². The zero-order valence-electron chi connectivity index (χ0n) is 19.3. The standard InChI is InChI=1S/C25H27FN8O/c1-35-23-9-2-5-16(31-23)14-34-22-12-19(26)21(30-15-6-4-10-29-13-15)11-18(22)17-7-3-8-20(24(17)34)32-33-25(27)28/h2,4-6,9-13,25,30,33H,3,7-8,14,27-28H2,1H3/b32-20+. The van der Waals surface area contributed by atoms with Gasteiger partial charge in [-0.2, -0.15) is 5.10 Å². The van der Waals surface area contributed by atoms with E-state index in [2.05, 4.69) is 30.4 Å². The number of hydrogen-bond donors (Lipinski definition) is 4. The maximum Gasteiger partial charge on any atom is 0.213 e. The molecule has 180 valence electrons. The van der Waals surface area contributed by atoms with E-state index < -0.39 is 6.29 Å². The number of nitrogens with two attached hydrogens (primary N) is 2. The molecule has 0 saturated heterocycles. The summed E-state index contributed by atoms with van der Waals surface area (Å²) in [5.41, 5.74) is 19.6. The minimum Gasteiger partial charge on any atom is -0.481 e. The maximum atomic E-state index is 15.4. The van der Waals surface area contributed by atoms with Crippen molar-refractivity contribution >= 4 is 28.0 Å². The summed E-state index contributed by atoms with van der Waals surface area (Å²) >= 11 is 0. The van der Waals surface area contributed by atoms with E-state index in [1.54, 1.807) is 37.7 Å². The molecule has 4 aromatic rings. The van der Waals surface area contributed by atoms with Crippen LogP contribution in [0.5, 0.6) is 5.88 Å². The van der Waals surface area contributed by atoms with Gasteiger partial charge in [0.1, 0.15) is 12.1 Å². The minimum absolute atomic E-state index is 0.364. The molecule has 0 bridgehead atoms. The lowest BCUT2D eigenvalue weighted by Gasteiger charge is -2.19. The summed E-state index contributed by atoms with van der Waals surface area (Å²) in [6.07, 6.45) is 5.06. The van der Waals surface area contributed by atoms with E-state index in [0.717, 1.165) is 52.8 Å². The lowest BCUT2D eigenvalue weighted by molar-refractivity contribution is 0.396. The van der Waals surface area contributed by atoms with Gasteiger partial charge in [-0.1, -0.05) is 6.07 Å². The molecule has 0 saturated carbocycles. The van der Waals surface area contributed by atoms with Crippen LogP contribution in [-0.4, -0.2) is 33.6 Å². The number of methoxy groups -OCH3 is 1. The molecule has 1 aliphatic rings. The largest absolute Gasteiger partial charge is 0.481 e. The summed E-state index contributed by atoms with van der Waals surface area (Å²) in [6.45, 7) is 0.422. The first-order chi connectivity index (χ1) is 17.0. The zero-order valence-corrected chi connectivity index (χ0v) is 19.3. The van der Waals surface area contributed by atoms with Crippen LogP contribution < -0.4 is 26.9 Å². The van der Waals surface area contributed by atoms with E-state index in [4.69, 9.17) is 16.2 Å². The van der Waals surface area contributed by atoms with Crippen molar-refractivity contribution in [3.8, 4) is 5.88 Å². The van der Waals surface area contributed by atoms with E-state index in [-0.39, 0.29) is 5.82 Å². The highest BCUT2D eigenvalue weighted by molar-refractivity contribution is 6.07. The predicted octanol–water partition coefficient (Wildman–Crippen LogP) is 3.20. The molecule has 6 N–H and O–H groups in total. The van der Waals surface area contributed by atoms with Crippen LogP contribution in [0.2, 0.25) is 0 Å². The molecule has 0 unspecified atom stereocenters. The van der Waals surface area contributed by atoms with Gasteiger partial charge in [-0.05, 0) is 49.1 Å². The Kier molecular flexibility index (Phi) is 6.30. The van der Waals surface area contributed by atoms with Crippen LogP contribution in [0.25, 0.3) is 10.9 Å². The number of nitrogens with one attached hydrogen (secondary N) is 2. The Hall–Kier alpha value is -4.02. The number of aryl methyl sites for hydroxylation is 1. The molecule has 0 radical (unpaired) electrons. The molecule has 10 heteroatoms. The lowest BCUT2D eigenvalue weighted by atomic mass is 9.93. The SMILES string of the molecule is COc1cccc(Cn2c3c(c4cc(Nc5cccnc5)c(F)cc42)CCC/C3=N\NC(N)N)n1. The van der Waals surface area contributed by atoms with E-state index in [0.29, 0.717) is 23.8 Å². The summed E-state index contributed by atoms with van der Waals surface area (Å²) in [5.74, 6) is 0.156. The highest BCUT2D eigenvalue weighted by Gasteiger charge is 2.26. The molecular formula is C25H27FN8O.